The van der Waals surface area contributed by atoms with Crippen molar-refractivity contribution in [3.8, 4) is 5.75 Å². The van der Waals surface area contributed by atoms with Crippen LogP contribution in [0.2, 0.25) is 5.02 Å². The number of halogens is 1. The molecule has 0 aliphatic carbocycles. The Balaban J connectivity index is 2.05. The summed E-state index contributed by atoms with van der Waals surface area (Å²) in [5, 5.41) is 3.34. The number of ether oxygens (including phenoxy) is 1. The van der Waals surface area contributed by atoms with Gasteiger partial charge in [0.05, 0.1) is 16.1 Å². The van der Waals surface area contributed by atoms with E-state index >= 15 is 0 Å². The van der Waals surface area contributed by atoms with E-state index in [0.717, 1.165) is 5.69 Å². The summed E-state index contributed by atoms with van der Waals surface area (Å²) in [5.41, 5.74) is 6.70. The molecule has 0 fully saturated rings. The fourth-order valence-electron chi connectivity index (χ4n) is 2.55. The van der Waals surface area contributed by atoms with Crippen molar-refractivity contribution in [1.82, 2.24) is 4.98 Å². The fraction of sp³-hybridized carbons (Fsp3) is 0.368. The van der Waals surface area contributed by atoms with Gasteiger partial charge in [-0.2, -0.15) is 0 Å². The molecule has 0 radical (unpaired) electrons. The van der Waals surface area contributed by atoms with Gasteiger partial charge in [-0.1, -0.05) is 31.5 Å². The van der Waals surface area contributed by atoms with Gasteiger partial charge in [0.2, 0.25) is 5.91 Å². The maximum Gasteiger partial charge on any atom is 0.231 e. The van der Waals surface area contributed by atoms with Crippen molar-refractivity contribution in [2.45, 2.75) is 33.3 Å². The van der Waals surface area contributed by atoms with Crippen molar-refractivity contribution in [3.63, 3.8) is 0 Å². The van der Waals surface area contributed by atoms with Crippen molar-refractivity contribution < 1.29 is 9.53 Å². The molecule has 1 aromatic heterocycles. The molecule has 0 atom stereocenters. The number of anilines is 1. The van der Waals surface area contributed by atoms with Crippen molar-refractivity contribution in [3.05, 3.63) is 53.3 Å². The first-order valence-corrected chi connectivity index (χ1v) is 8.76. The van der Waals surface area contributed by atoms with E-state index < -0.39 is 5.41 Å². The topological polar surface area (TPSA) is 77.2 Å². The van der Waals surface area contributed by atoms with E-state index in [9.17, 15) is 4.79 Å². The summed E-state index contributed by atoms with van der Waals surface area (Å²) in [4.78, 5) is 16.8. The van der Waals surface area contributed by atoms with Crippen LogP contribution in [0.25, 0.3) is 0 Å². The summed E-state index contributed by atoms with van der Waals surface area (Å²) in [6.07, 6.45) is 3.08. The summed E-state index contributed by atoms with van der Waals surface area (Å²) in [6, 6.07) is 10.8. The van der Waals surface area contributed by atoms with Crippen LogP contribution < -0.4 is 15.8 Å². The minimum Gasteiger partial charge on any atom is -0.486 e. The highest BCUT2D eigenvalue weighted by atomic mass is 35.5. The number of nitrogens with two attached hydrogens (primary N) is 1. The number of rotatable bonds is 8. The number of pyridine rings is 1. The smallest absolute Gasteiger partial charge is 0.231 e. The average molecular weight is 362 g/mol. The Labute approximate surface area is 153 Å². The van der Waals surface area contributed by atoms with Crippen molar-refractivity contribution >= 4 is 23.2 Å². The number of hydrogen-bond acceptors (Lipinski definition) is 4. The molecule has 1 aromatic carbocycles. The Hall–Kier alpha value is -2.11. The third kappa shape index (κ3) is 4.71. The highest BCUT2D eigenvalue weighted by molar-refractivity contribution is 6.32. The lowest BCUT2D eigenvalue weighted by Crippen LogP contribution is -2.41. The molecule has 0 aliphatic heterocycles. The number of nitrogens with zero attached hydrogens (tertiary/aromatic N) is 1. The standard InChI is InChI=1S/C19H24ClN3O2/c1-3-19(4-2,13-21)18(24)23-14-8-9-17(16(20)11-14)25-12-15-7-5-6-10-22-15/h5-11H,3-4,12-13,21H2,1-2H3,(H,23,24). The highest BCUT2D eigenvalue weighted by Crippen LogP contribution is 2.31. The van der Waals surface area contributed by atoms with Crippen LogP contribution >= 0.6 is 11.6 Å². The monoisotopic (exact) mass is 361 g/mol. The molecule has 5 nitrogen and oxygen atoms in total. The average Bonchev–Trinajstić information content (AvgIpc) is 2.64. The van der Waals surface area contributed by atoms with Gasteiger partial charge in [-0.15, -0.1) is 0 Å². The van der Waals surface area contributed by atoms with Crippen LogP contribution in [0.4, 0.5) is 5.69 Å². The second-order valence-corrected chi connectivity index (χ2v) is 6.31. The molecule has 2 rings (SSSR count). The number of benzene rings is 1. The number of aromatic nitrogens is 1. The Bertz CT molecular complexity index is 695. The van der Waals surface area contributed by atoms with Crippen LogP contribution in [0.15, 0.2) is 42.6 Å². The van der Waals surface area contributed by atoms with Crippen LogP contribution in [0, 0.1) is 5.41 Å². The third-order valence-corrected chi connectivity index (χ3v) is 4.81. The lowest BCUT2D eigenvalue weighted by molar-refractivity contribution is -0.125. The van der Waals surface area contributed by atoms with E-state index in [-0.39, 0.29) is 5.91 Å². The number of carbonyl (C=O) groups is 1. The van der Waals surface area contributed by atoms with E-state index in [0.29, 0.717) is 42.5 Å². The summed E-state index contributed by atoms with van der Waals surface area (Å²) < 4.78 is 5.69. The minimum absolute atomic E-state index is 0.0850. The number of hydrogen-bond donors (Lipinski definition) is 2. The van der Waals surface area contributed by atoms with Gasteiger partial charge < -0.3 is 15.8 Å². The minimum atomic E-state index is -0.555. The van der Waals surface area contributed by atoms with Gasteiger partial charge in [0.1, 0.15) is 12.4 Å². The molecule has 6 heteroatoms. The predicted octanol–water partition coefficient (Wildman–Crippen LogP) is 4.02. The van der Waals surface area contributed by atoms with Gasteiger partial charge in [0, 0.05) is 18.4 Å². The van der Waals surface area contributed by atoms with Crippen molar-refractivity contribution in [1.29, 1.82) is 0 Å². The van der Waals surface area contributed by atoms with Gasteiger partial charge in [-0.3, -0.25) is 9.78 Å². The van der Waals surface area contributed by atoms with Gasteiger partial charge in [0.15, 0.2) is 0 Å². The number of carbonyl (C=O) groups excluding carboxylic acids is 1. The molecule has 0 unspecified atom stereocenters. The normalized spacial score (nSPS) is 11.2. The molecule has 3 N–H and O–H groups in total. The predicted molar refractivity (Wildman–Crippen MR) is 101 cm³/mol. The second-order valence-electron chi connectivity index (χ2n) is 5.90. The van der Waals surface area contributed by atoms with Crippen LogP contribution in [-0.2, 0) is 11.4 Å². The highest BCUT2D eigenvalue weighted by Gasteiger charge is 2.33. The van der Waals surface area contributed by atoms with E-state index in [1.165, 1.54) is 0 Å². The van der Waals surface area contributed by atoms with Gasteiger partial charge in [-0.05, 0) is 43.2 Å². The first-order valence-electron chi connectivity index (χ1n) is 8.38. The Morgan fingerprint density at radius 2 is 2.04 bits per heavy atom. The lowest BCUT2D eigenvalue weighted by Gasteiger charge is -2.28. The summed E-state index contributed by atoms with van der Waals surface area (Å²) in [5.74, 6) is 0.458. The maximum absolute atomic E-state index is 12.6. The van der Waals surface area contributed by atoms with E-state index in [1.807, 2.05) is 32.0 Å². The van der Waals surface area contributed by atoms with Gasteiger partial charge in [0.25, 0.3) is 0 Å². The zero-order chi connectivity index (χ0) is 18.3. The largest absolute Gasteiger partial charge is 0.486 e. The maximum atomic E-state index is 12.6. The van der Waals surface area contributed by atoms with Crippen LogP contribution in [0.1, 0.15) is 32.4 Å². The first-order chi connectivity index (χ1) is 12.0. The summed E-state index contributed by atoms with van der Waals surface area (Å²) in [7, 11) is 0. The molecule has 0 bridgehead atoms. The molecule has 1 amide bonds. The van der Waals surface area contributed by atoms with Gasteiger partial charge in [-0.25, -0.2) is 0 Å². The van der Waals surface area contributed by atoms with Crippen molar-refractivity contribution in [2.75, 3.05) is 11.9 Å². The molecular weight excluding hydrogens is 338 g/mol. The van der Waals surface area contributed by atoms with Crippen molar-refractivity contribution in [2.24, 2.45) is 11.1 Å². The van der Waals surface area contributed by atoms with Crippen LogP contribution in [-0.4, -0.2) is 17.4 Å². The van der Waals surface area contributed by atoms with E-state index in [4.69, 9.17) is 22.1 Å². The molecule has 0 saturated heterocycles. The summed E-state index contributed by atoms with van der Waals surface area (Å²) >= 11 is 6.27. The first kappa shape index (κ1) is 19.2. The second kappa shape index (κ2) is 8.83. The fourth-order valence-corrected chi connectivity index (χ4v) is 2.78. The third-order valence-electron chi connectivity index (χ3n) is 4.52. The Kier molecular flexibility index (Phi) is 6.79. The van der Waals surface area contributed by atoms with Crippen LogP contribution in [0.3, 0.4) is 0 Å². The number of amides is 1. The summed E-state index contributed by atoms with van der Waals surface area (Å²) in [6.45, 7) is 4.58. The SMILES string of the molecule is CCC(CC)(CN)C(=O)Nc1ccc(OCc2ccccn2)c(Cl)c1. The van der Waals surface area contributed by atoms with E-state index in [2.05, 4.69) is 10.3 Å². The quantitative estimate of drug-likeness (QED) is 0.744. The zero-order valence-corrected chi connectivity index (χ0v) is 15.3. The molecule has 25 heavy (non-hydrogen) atoms. The molecule has 0 spiro atoms. The lowest BCUT2D eigenvalue weighted by atomic mass is 9.81. The molecule has 0 saturated carbocycles. The molecule has 134 valence electrons. The number of nitrogens with one attached hydrogen (secondary N) is 1. The molecule has 0 aliphatic rings. The van der Waals surface area contributed by atoms with E-state index in [1.54, 1.807) is 24.4 Å². The molecular formula is C19H24ClN3O2. The Morgan fingerprint density at radius 1 is 1.28 bits per heavy atom. The zero-order valence-electron chi connectivity index (χ0n) is 14.6. The van der Waals surface area contributed by atoms with Gasteiger partial charge >= 0.3 is 0 Å². The van der Waals surface area contributed by atoms with Crippen LogP contribution in [0.5, 0.6) is 5.75 Å². The molecule has 2 aromatic rings. The Morgan fingerprint density at radius 3 is 2.60 bits per heavy atom. The molecule has 1 heterocycles.